The molecule has 0 saturated heterocycles. The Bertz CT molecular complexity index is 1150. The first-order valence-corrected chi connectivity index (χ1v) is 13.9. The fourth-order valence-electron chi connectivity index (χ4n) is 5.00. The second kappa shape index (κ2) is 13.8. The third-order valence-electron chi connectivity index (χ3n) is 7.27. The largest absolute Gasteiger partial charge is 0.494 e. The number of carbonyl (C=O) groups is 2. The molecule has 1 N–H and O–H groups in total. The number of nitrogens with one attached hydrogen (secondary N) is 1. The molecule has 1 saturated carbocycles. The number of benzene rings is 3. The molecule has 4 rings (SSSR count). The number of nitrogens with zero attached hydrogens (tertiary/aromatic N) is 1. The van der Waals surface area contributed by atoms with Crippen LogP contribution in [0.15, 0.2) is 78.9 Å². The van der Waals surface area contributed by atoms with E-state index in [0.717, 1.165) is 42.6 Å². The highest BCUT2D eigenvalue weighted by atomic mass is 16.5. The van der Waals surface area contributed by atoms with E-state index in [-0.39, 0.29) is 17.9 Å². The Hall–Kier alpha value is -3.60. The standard InChI is InChI=1S/C33H40N2O3/c1-25-14-18-28(19-15-25)24-35(32(36)13-8-22-38-30-20-16-26(2)17-21-30)31(23-27-9-4-3-5-10-27)33(37)34-29-11-6-7-12-29/h3-5,9-10,14-21,29,31H,6-8,11-13,22-24H2,1-2H3,(H,34,37)/t31-/m1/s1. The van der Waals surface area contributed by atoms with Gasteiger partial charge in [-0.15, -0.1) is 0 Å². The van der Waals surface area contributed by atoms with Crippen LogP contribution in [0.3, 0.4) is 0 Å². The van der Waals surface area contributed by atoms with E-state index in [4.69, 9.17) is 4.74 Å². The number of carbonyl (C=O) groups excluding carboxylic acids is 2. The molecule has 0 aliphatic heterocycles. The fourth-order valence-corrected chi connectivity index (χ4v) is 5.00. The normalized spacial score (nSPS) is 14.2. The Labute approximate surface area is 227 Å². The smallest absolute Gasteiger partial charge is 0.243 e. The minimum absolute atomic E-state index is 0.0272. The van der Waals surface area contributed by atoms with E-state index in [1.807, 2.05) is 80.6 Å². The molecule has 3 aromatic rings. The number of rotatable bonds is 12. The molecule has 0 unspecified atom stereocenters. The van der Waals surface area contributed by atoms with Gasteiger partial charge in [-0.3, -0.25) is 9.59 Å². The Kier molecular flexibility index (Phi) is 9.97. The molecule has 200 valence electrons. The van der Waals surface area contributed by atoms with Crippen molar-refractivity contribution in [3.05, 3.63) is 101 Å². The maximum atomic E-state index is 13.7. The summed E-state index contributed by atoms with van der Waals surface area (Å²) in [6.45, 7) is 4.94. The molecule has 0 aromatic heterocycles. The molecule has 38 heavy (non-hydrogen) atoms. The van der Waals surface area contributed by atoms with Gasteiger partial charge in [-0.2, -0.15) is 0 Å². The highest BCUT2D eigenvalue weighted by Gasteiger charge is 2.31. The van der Waals surface area contributed by atoms with E-state index in [1.165, 1.54) is 11.1 Å². The lowest BCUT2D eigenvalue weighted by Gasteiger charge is -2.32. The molecule has 0 radical (unpaired) electrons. The van der Waals surface area contributed by atoms with Gasteiger partial charge in [0.15, 0.2) is 0 Å². The van der Waals surface area contributed by atoms with Gasteiger partial charge in [0.2, 0.25) is 11.8 Å². The van der Waals surface area contributed by atoms with Crippen molar-refractivity contribution in [1.82, 2.24) is 10.2 Å². The summed E-state index contributed by atoms with van der Waals surface area (Å²) in [4.78, 5) is 29.2. The van der Waals surface area contributed by atoms with Gasteiger partial charge in [0.25, 0.3) is 0 Å². The summed E-state index contributed by atoms with van der Waals surface area (Å²) in [6.07, 6.45) is 5.68. The SMILES string of the molecule is Cc1ccc(CN(C(=O)CCCOc2ccc(C)cc2)[C@H](Cc2ccccc2)C(=O)NC2CCCC2)cc1. The number of ether oxygens (including phenoxy) is 1. The lowest BCUT2D eigenvalue weighted by molar-refractivity contribution is -0.141. The highest BCUT2D eigenvalue weighted by molar-refractivity contribution is 5.88. The quantitative estimate of drug-likeness (QED) is 0.296. The van der Waals surface area contributed by atoms with Crippen molar-refractivity contribution in [2.24, 2.45) is 0 Å². The van der Waals surface area contributed by atoms with Crippen LogP contribution in [0.5, 0.6) is 5.75 Å². The van der Waals surface area contributed by atoms with Gasteiger partial charge in [-0.05, 0) is 56.4 Å². The number of aryl methyl sites for hydroxylation is 2. The van der Waals surface area contributed by atoms with Gasteiger partial charge in [0.1, 0.15) is 11.8 Å². The number of amides is 2. The molecule has 3 aromatic carbocycles. The van der Waals surface area contributed by atoms with Crippen LogP contribution in [0.4, 0.5) is 0 Å². The molecule has 0 bridgehead atoms. The summed E-state index contributed by atoms with van der Waals surface area (Å²) in [7, 11) is 0. The minimum Gasteiger partial charge on any atom is -0.494 e. The van der Waals surface area contributed by atoms with Gasteiger partial charge in [-0.25, -0.2) is 0 Å². The van der Waals surface area contributed by atoms with Crippen molar-refractivity contribution < 1.29 is 14.3 Å². The molecule has 5 nitrogen and oxygen atoms in total. The molecule has 1 fully saturated rings. The second-order valence-electron chi connectivity index (χ2n) is 10.5. The second-order valence-corrected chi connectivity index (χ2v) is 10.5. The molecule has 5 heteroatoms. The Morgan fingerprint density at radius 3 is 2.16 bits per heavy atom. The van der Waals surface area contributed by atoms with Gasteiger partial charge in [0.05, 0.1) is 6.61 Å². The Balaban J connectivity index is 1.50. The topological polar surface area (TPSA) is 58.6 Å². The Morgan fingerprint density at radius 1 is 0.868 bits per heavy atom. The summed E-state index contributed by atoms with van der Waals surface area (Å²) in [5.74, 6) is 0.718. The van der Waals surface area contributed by atoms with Crippen LogP contribution in [-0.2, 0) is 22.6 Å². The van der Waals surface area contributed by atoms with Crippen LogP contribution in [-0.4, -0.2) is 35.4 Å². The van der Waals surface area contributed by atoms with Gasteiger partial charge >= 0.3 is 0 Å². The first kappa shape index (κ1) is 27.4. The van der Waals surface area contributed by atoms with E-state index < -0.39 is 6.04 Å². The van der Waals surface area contributed by atoms with Crippen LogP contribution in [0.2, 0.25) is 0 Å². The average Bonchev–Trinajstić information content (AvgIpc) is 3.44. The van der Waals surface area contributed by atoms with Crippen LogP contribution >= 0.6 is 0 Å². The van der Waals surface area contributed by atoms with Crippen molar-refractivity contribution in [1.29, 1.82) is 0 Å². The van der Waals surface area contributed by atoms with Gasteiger partial charge in [-0.1, -0.05) is 90.7 Å². The summed E-state index contributed by atoms with van der Waals surface area (Å²) in [6, 6.07) is 25.7. The number of hydrogen-bond acceptors (Lipinski definition) is 3. The van der Waals surface area contributed by atoms with Crippen molar-refractivity contribution in [2.45, 2.75) is 77.4 Å². The van der Waals surface area contributed by atoms with E-state index in [9.17, 15) is 9.59 Å². The lowest BCUT2D eigenvalue weighted by atomic mass is 10.0. The maximum absolute atomic E-state index is 13.7. The van der Waals surface area contributed by atoms with Crippen molar-refractivity contribution in [2.75, 3.05) is 6.61 Å². The maximum Gasteiger partial charge on any atom is 0.243 e. The highest BCUT2D eigenvalue weighted by Crippen LogP contribution is 2.21. The van der Waals surface area contributed by atoms with E-state index in [2.05, 4.69) is 17.4 Å². The van der Waals surface area contributed by atoms with Crippen LogP contribution < -0.4 is 10.1 Å². The molecule has 1 aliphatic carbocycles. The van der Waals surface area contributed by atoms with Crippen molar-refractivity contribution in [3.63, 3.8) is 0 Å². The minimum atomic E-state index is -0.579. The summed E-state index contributed by atoms with van der Waals surface area (Å²) in [5.41, 5.74) is 4.41. The zero-order chi connectivity index (χ0) is 26.7. The first-order valence-electron chi connectivity index (χ1n) is 13.9. The third-order valence-corrected chi connectivity index (χ3v) is 7.27. The average molecular weight is 513 g/mol. The molecule has 1 aliphatic rings. The first-order chi connectivity index (χ1) is 18.5. The molecule has 0 spiro atoms. The van der Waals surface area contributed by atoms with E-state index >= 15 is 0 Å². The van der Waals surface area contributed by atoms with Gasteiger partial charge < -0.3 is 15.0 Å². The number of hydrogen-bond donors (Lipinski definition) is 1. The van der Waals surface area contributed by atoms with Crippen molar-refractivity contribution >= 4 is 11.8 Å². The molecule has 2 amide bonds. The molecule has 0 heterocycles. The fraction of sp³-hybridized carbons (Fsp3) is 0.394. The Morgan fingerprint density at radius 2 is 1.50 bits per heavy atom. The zero-order valence-electron chi connectivity index (χ0n) is 22.7. The van der Waals surface area contributed by atoms with Crippen LogP contribution in [0, 0.1) is 13.8 Å². The predicted octanol–water partition coefficient (Wildman–Crippen LogP) is 6.16. The molecular weight excluding hydrogens is 472 g/mol. The van der Waals surface area contributed by atoms with Gasteiger partial charge in [0, 0.05) is 25.4 Å². The monoisotopic (exact) mass is 512 g/mol. The summed E-state index contributed by atoms with van der Waals surface area (Å²) < 4.78 is 5.86. The molecule has 1 atom stereocenters. The van der Waals surface area contributed by atoms with Crippen LogP contribution in [0.25, 0.3) is 0 Å². The molecular formula is C33H40N2O3. The summed E-state index contributed by atoms with van der Waals surface area (Å²) >= 11 is 0. The third kappa shape index (κ3) is 8.20. The van der Waals surface area contributed by atoms with Crippen molar-refractivity contribution in [3.8, 4) is 5.75 Å². The summed E-state index contributed by atoms with van der Waals surface area (Å²) in [5, 5.41) is 3.27. The predicted molar refractivity (Wildman–Crippen MR) is 152 cm³/mol. The lowest BCUT2D eigenvalue weighted by Crippen LogP contribution is -2.52. The van der Waals surface area contributed by atoms with E-state index in [0.29, 0.717) is 32.4 Å². The van der Waals surface area contributed by atoms with E-state index in [1.54, 1.807) is 4.90 Å². The van der Waals surface area contributed by atoms with Crippen LogP contribution in [0.1, 0.15) is 60.8 Å². The zero-order valence-corrected chi connectivity index (χ0v) is 22.7.